The van der Waals surface area contributed by atoms with Crippen molar-refractivity contribution in [1.82, 2.24) is 9.47 Å². The second-order valence-electron chi connectivity index (χ2n) is 11.2. The summed E-state index contributed by atoms with van der Waals surface area (Å²) in [7, 11) is 1.61. The van der Waals surface area contributed by atoms with Gasteiger partial charge in [-0.1, -0.05) is 18.2 Å². The molecule has 1 unspecified atom stereocenters. The van der Waals surface area contributed by atoms with E-state index in [0.717, 1.165) is 56.6 Å². The lowest BCUT2D eigenvalue weighted by atomic mass is 9.81. The molecule has 41 heavy (non-hydrogen) atoms. The standard InChI is InChI=1S/C32H40N2O7/c1-21(25-8-10-27-26(18-25)13-15-40-27)33(19-22-3-6-24(7-4-22)32(37)38)20-23-5-9-28(29(17-23)39-2)41-16-14-34-30(35)11-12-31(34)36/h5,8-12,17-18,21-22,24,35-36H,3-4,6-7,13-16,19-20H2,1-2H3,(H,37,38). The van der Waals surface area contributed by atoms with Crippen LogP contribution in [-0.2, 0) is 24.3 Å². The molecule has 9 nitrogen and oxygen atoms in total. The molecule has 0 radical (unpaired) electrons. The maximum atomic E-state index is 11.5. The Hall–Kier alpha value is -3.85. The Kier molecular flexibility index (Phi) is 8.93. The summed E-state index contributed by atoms with van der Waals surface area (Å²) < 4.78 is 18.7. The van der Waals surface area contributed by atoms with Crippen LogP contribution in [0.3, 0.4) is 0 Å². The third kappa shape index (κ3) is 6.73. The number of nitrogens with zero attached hydrogens (tertiary/aromatic N) is 2. The van der Waals surface area contributed by atoms with Crippen LogP contribution in [0.15, 0.2) is 48.5 Å². The summed E-state index contributed by atoms with van der Waals surface area (Å²) in [6, 6.07) is 15.5. The fraction of sp³-hybridized carbons (Fsp3) is 0.469. The van der Waals surface area contributed by atoms with Crippen LogP contribution in [0.1, 0.15) is 55.3 Å². The number of aromatic nitrogens is 1. The number of rotatable bonds is 12. The van der Waals surface area contributed by atoms with Crippen LogP contribution >= 0.6 is 0 Å². The number of aromatic hydroxyl groups is 2. The van der Waals surface area contributed by atoms with Crippen molar-refractivity contribution in [3.05, 3.63) is 65.2 Å². The molecule has 9 heteroatoms. The van der Waals surface area contributed by atoms with Gasteiger partial charge in [0.1, 0.15) is 12.4 Å². The molecule has 1 aliphatic heterocycles. The molecule has 3 aromatic rings. The summed E-state index contributed by atoms with van der Waals surface area (Å²) in [5, 5.41) is 29.2. The first-order valence-electron chi connectivity index (χ1n) is 14.4. The molecule has 1 aromatic heterocycles. The molecule has 0 saturated heterocycles. The van der Waals surface area contributed by atoms with Crippen LogP contribution in [0.5, 0.6) is 29.0 Å². The van der Waals surface area contributed by atoms with Crippen LogP contribution in [0, 0.1) is 11.8 Å². The van der Waals surface area contributed by atoms with Crippen LogP contribution in [0.2, 0.25) is 0 Å². The lowest BCUT2D eigenvalue weighted by Gasteiger charge is -2.35. The Labute approximate surface area is 240 Å². The number of carbonyl (C=O) groups is 1. The van der Waals surface area contributed by atoms with Crippen LogP contribution in [0.25, 0.3) is 0 Å². The average Bonchev–Trinajstić information content (AvgIpc) is 3.58. The Morgan fingerprint density at radius 1 is 1.05 bits per heavy atom. The van der Waals surface area contributed by atoms with Gasteiger partial charge in [-0.3, -0.25) is 14.3 Å². The molecule has 2 heterocycles. The van der Waals surface area contributed by atoms with E-state index in [4.69, 9.17) is 14.2 Å². The highest BCUT2D eigenvalue weighted by atomic mass is 16.5. The molecule has 0 bridgehead atoms. The van der Waals surface area contributed by atoms with Gasteiger partial charge in [-0.2, -0.15) is 0 Å². The van der Waals surface area contributed by atoms with Crippen molar-refractivity contribution in [2.45, 2.75) is 58.2 Å². The fourth-order valence-electron chi connectivity index (χ4n) is 6.05. The molecule has 1 fully saturated rings. The lowest BCUT2D eigenvalue weighted by molar-refractivity contribution is -0.143. The van der Waals surface area contributed by atoms with E-state index in [1.807, 2.05) is 18.2 Å². The summed E-state index contributed by atoms with van der Waals surface area (Å²) in [4.78, 5) is 14.0. The summed E-state index contributed by atoms with van der Waals surface area (Å²) in [6.07, 6.45) is 4.23. The van der Waals surface area contributed by atoms with Crippen LogP contribution in [0.4, 0.5) is 0 Å². The van der Waals surface area contributed by atoms with Gasteiger partial charge in [0.2, 0.25) is 0 Å². The van der Waals surface area contributed by atoms with Crippen molar-refractivity contribution in [3.63, 3.8) is 0 Å². The highest BCUT2D eigenvalue weighted by Gasteiger charge is 2.29. The monoisotopic (exact) mass is 564 g/mol. The van der Waals surface area contributed by atoms with E-state index in [0.29, 0.717) is 24.0 Å². The van der Waals surface area contributed by atoms with Gasteiger partial charge in [-0.15, -0.1) is 0 Å². The fourth-order valence-corrected chi connectivity index (χ4v) is 6.05. The zero-order valence-corrected chi connectivity index (χ0v) is 23.8. The molecule has 3 N–H and O–H groups in total. The Bertz CT molecular complexity index is 1330. The van der Waals surface area contributed by atoms with Gasteiger partial charge < -0.3 is 29.5 Å². The molecule has 5 rings (SSSR count). The first kappa shape index (κ1) is 28.7. The molecule has 0 amide bonds. The Morgan fingerprint density at radius 3 is 2.51 bits per heavy atom. The molecule has 0 spiro atoms. The minimum absolute atomic E-state index is 0.0185. The van der Waals surface area contributed by atoms with E-state index in [2.05, 4.69) is 30.0 Å². The third-order valence-corrected chi connectivity index (χ3v) is 8.55. The van der Waals surface area contributed by atoms with E-state index in [-0.39, 0.29) is 36.9 Å². The van der Waals surface area contributed by atoms with E-state index in [9.17, 15) is 20.1 Å². The van der Waals surface area contributed by atoms with Gasteiger partial charge in [0.25, 0.3) is 0 Å². The summed E-state index contributed by atoms with van der Waals surface area (Å²) in [6.45, 7) is 5.08. The molecular formula is C32H40N2O7. The van der Waals surface area contributed by atoms with E-state index in [1.165, 1.54) is 27.8 Å². The number of aliphatic carboxylic acids is 1. The van der Waals surface area contributed by atoms with Gasteiger partial charge in [-0.25, -0.2) is 0 Å². The van der Waals surface area contributed by atoms with E-state index < -0.39 is 5.97 Å². The normalized spacial score (nSPS) is 19.0. The predicted molar refractivity (Wildman–Crippen MR) is 154 cm³/mol. The van der Waals surface area contributed by atoms with Crippen molar-refractivity contribution < 1.29 is 34.3 Å². The molecule has 220 valence electrons. The van der Waals surface area contributed by atoms with Gasteiger partial charge in [0.15, 0.2) is 23.3 Å². The number of ether oxygens (including phenoxy) is 3. The number of fused-ring (bicyclic) bond motifs is 1. The molecule has 1 aliphatic carbocycles. The largest absolute Gasteiger partial charge is 0.494 e. The first-order chi connectivity index (χ1) is 19.8. The van der Waals surface area contributed by atoms with Crippen LogP contribution in [-0.4, -0.2) is 57.6 Å². The molecule has 2 aliphatic rings. The van der Waals surface area contributed by atoms with Gasteiger partial charge >= 0.3 is 5.97 Å². The predicted octanol–water partition coefficient (Wildman–Crippen LogP) is 5.38. The van der Waals surface area contributed by atoms with Gasteiger partial charge in [-0.05, 0) is 73.4 Å². The Balaban J connectivity index is 1.30. The maximum absolute atomic E-state index is 11.5. The minimum atomic E-state index is -0.676. The molecular weight excluding hydrogens is 524 g/mol. The maximum Gasteiger partial charge on any atom is 0.306 e. The van der Waals surface area contributed by atoms with Crippen molar-refractivity contribution in [2.75, 3.05) is 26.9 Å². The van der Waals surface area contributed by atoms with Crippen molar-refractivity contribution >= 4 is 5.97 Å². The van der Waals surface area contributed by atoms with E-state index >= 15 is 0 Å². The van der Waals surface area contributed by atoms with Crippen LogP contribution < -0.4 is 14.2 Å². The molecule has 1 atom stereocenters. The smallest absolute Gasteiger partial charge is 0.306 e. The Morgan fingerprint density at radius 2 is 1.80 bits per heavy atom. The highest BCUT2D eigenvalue weighted by molar-refractivity contribution is 5.70. The topological polar surface area (TPSA) is 114 Å². The van der Waals surface area contributed by atoms with Gasteiger partial charge in [0.05, 0.1) is 26.2 Å². The second kappa shape index (κ2) is 12.8. The lowest BCUT2D eigenvalue weighted by Crippen LogP contribution is -2.34. The number of benzene rings is 2. The quantitative estimate of drug-likeness (QED) is 0.269. The zero-order valence-electron chi connectivity index (χ0n) is 23.8. The third-order valence-electron chi connectivity index (χ3n) is 8.55. The number of methoxy groups -OCH3 is 1. The summed E-state index contributed by atoms with van der Waals surface area (Å²) in [5.41, 5.74) is 3.59. The van der Waals surface area contributed by atoms with Crippen molar-refractivity contribution in [3.8, 4) is 29.0 Å². The molecule has 2 aromatic carbocycles. The number of carboxylic acids is 1. The summed E-state index contributed by atoms with van der Waals surface area (Å²) in [5.74, 6) is 1.69. The summed E-state index contributed by atoms with van der Waals surface area (Å²) >= 11 is 0. The van der Waals surface area contributed by atoms with Crippen molar-refractivity contribution in [2.24, 2.45) is 11.8 Å². The SMILES string of the molecule is COc1cc(CN(CC2CCC(C(=O)O)CC2)C(C)c2ccc3c(c2)CCO3)ccc1OCCn1c(O)ccc1O. The van der Waals surface area contributed by atoms with Gasteiger partial charge in [0, 0.05) is 37.7 Å². The second-order valence-corrected chi connectivity index (χ2v) is 11.2. The highest BCUT2D eigenvalue weighted by Crippen LogP contribution is 2.36. The minimum Gasteiger partial charge on any atom is -0.494 e. The number of hydrogen-bond donors (Lipinski definition) is 3. The van der Waals surface area contributed by atoms with Crippen molar-refractivity contribution in [1.29, 1.82) is 0 Å². The average molecular weight is 565 g/mol. The van der Waals surface area contributed by atoms with E-state index in [1.54, 1.807) is 7.11 Å². The first-order valence-corrected chi connectivity index (χ1v) is 14.4. The molecule has 1 saturated carbocycles. The zero-order chi connectivity index (χ0) is 28.9. The number of carboxylic acid groups (broad SMARTS) is 1. The number of hydrogen-bond acceptors (Lipinski definition) is 7.